The van der Waals surface area contributed by atoms with Gasteiger partial charge in [0.1, 0.15) is 0 Å². The molecule has 1 unspecified atom stereocenters. The van der Waals surface area contributed by atoms with Crippen molar-refractivity contribution < 1.29 is 4.79 Å². The molecular weight excluding hydrogens is 248 g/mol. The number of rotatable bonds is 6. The summed E-state index contributed by atoms with van der Waals surface area (Å²) in [6, 6.07) is 0.437. The lowest BCUT2D eigenvalue weighted by Crippen LogP contribution is -2.49. The van der Waals surface area contributed by atoms with Crippen LogP contribution in [0.4, 0.5) is 0 Å². The van der Waals surface area contributed by atoms with Gasteiger partial charge in [0.15, 0.2) is 0 Å². The fourth-order valence-electron chi connectivity index (χ4n) is 4.24. The molecule has 2 rings (SSSR count). The van der Waals surface area contributed by atoms with Gasteiger partial charge in [0.25, 0.3) is 0 Å². The van der Waals surface area contributed by atoms with Crippen LogP contribution in [0.1, 0.15) is 65.7 Å². The first-order valence-corrected chi connectivity index (χ1v) is 8.61. The Morgan fingerprint density at radius 2 is 2.05 bits per heavy atom. The molecular formula is C17H32N2O. The van der Waals surface area contributed by atoms with Gasteiger partial charge >= 0.3 is 0 Å². The van der Waals surface area contributed by atoms with Crippen LogP contribution in [0.2, 0.25) is 0 Å². The van der Waals surface area contributed by atoms with Gasteiger partial charge in [-0.15, -0.1) is 0 Å². The molecule has 3 heteroatoms. The highest BCUT2D eigenvalue weighted by Gasteiger charge is 2.45. The molecule has 1 aliphatic heterocycles. The lowest BCUT2D eigenvalue weighted by Gasteiger charge is -2.38. The predicted octanol–water partition coefficient (Wildman–Crippen LogP) is 3.19. The van der Waals surface area contributed by atoms with E-state index < -0.39 is 0 Å². The molecule has 0 bridgehead atoms. The van der Waals surface area contributed by atoms with Crippen molar-refractivity contribution in [1.82, 2.24) is 10.2 Å². The number of amides is 1. The highest BCUT2D eigenvalue weighted by atomic mass is 16.2. The first kappa shape index (κ1) is 15.8. The fourth-order valence-corrected chi connectivity index (χ4v) is 4.24. The second kappa shape index (κ2) is 6.93. The summed E-state index contributed by atoms with van der Waals surface area (Å²) in [7, 11) is 0. The van der Waals surface area contributed by atoms with Crippen molar-refractivity contribution in [3.63, 3.8) is 0 Å². The third-order valence-electron chi connectivity index (χ3n) is 5.01. The molecule has 1 aliphatic carbocycles. The Balaban J connectivity index is 2.14. The smallest absolute Gasteiger partial charge is 0.229 e. The average Bonchev–Trinajstić information content (AvgIpc) is 3.06. The molecule has 2 fully saturated rings. The zero-order valence-electron chi connectivity index (χ0n) is 13.6. The molecule has 0 aromatic rings. The summed E-state index contributed by atoms with van der Waals surface area (Å²) < 4.78 is 0. The van der Waals surface area contributed by atoms with E-state index in [9.17, 15) is 4.79 Å². The molecule has 20 heavy (non-hydrogen) atoms. The van der Waals surface area contributed by atoms with Crippen molar-refractivity contribution in [2.75, 3.05) is 19.6 Å². The minimum absolute atomic E-state index is 0.0358. The van der Waals surface area contributed by atoms with Crippen LogP contribution in [0.3, 0.4) is 0 Å². The highest BCUT2D eigenvalue weighted by Crippen LogP contribution is 2.45. The minimum atomic E-state index is -0.0358. The molecule has 3 nitrogen and oxygen atoms in total. The van der Waals surface area contributed by atoms with Crippen molar-refractivity contribution in [1.29, 1.82) is 0 Å². The van der Waals surface area contributed by atoms with Crippen molar-refractivity contribution in [3.05, 3.63) is 0 Å². The maximum absolute atomic E-state index is 13.3. The standard InChI is InChI=1S/C17H32N2O/c1-4-11-19(15-7-10-18-13-15)16(20)17(12-14(2)3)8-5-6-9-17/h14-15,18H,4-13H2,1-3H3. The quantitative estimate of drug-likeness (QED) is 0.810. The van der Waals surface area contributed by atoms with Crippen LogP contribution in [0.5, 0.6) is 0 Å². The van der Waals surface area contributed by atoms with Gasteiger partial charge in [-0.25, -0.2) is 0 Å². The van der Waals surface area contributed by atoms with Crippen molar-refractivity contribution in [3.8, 4) is 0 Å². The summed E-state index contributed by atoms with van der Waals surface area (Å²) in [4.78, 5) is 15.5. The van der Waals surface area contributed by atoms with Crippen LogP contribution in [-0.2, 0) is 4.79 Å². The maximum Gasteiger partial charge on any atom is 0.229 e. The van der Waals surface area contributed by atoms with E-state index in [-0.39, 0.29) is 5.41 Å². The minimum Gasteiger partial charge on any atom is -0.338 e. The van der Waals surface area contributed by atoms with Crippen LogP contribution in [0.15, 0.2) is 0 Å². The monoisotopic (exact) mass is 280 g/mol. The van der Waals surface area contributed by atoms with Gasteiger partial charge in [-0.1, -0.05) is 33.6 Å². The number of carbonyl (C=O) groups is 1. The first-order chi connectivity index (χ1) is 9.59. The van der Waals surface area contributed by atoms with E-state index in [0.29, 0.717) is 17.9 Å². The molecule has 0 aromatic heterocycles. The summed E-state index contributed by atoms with van der Waals surface area (Å²) in [5.41, 5.74) is -0.0358. The van der Waals surface area contributed by atoms with Crippen molar-refractivity contribution in [2.24, 2.45) is 11.3 Å². The Bertz CT molecular complexity index is 315. The molecule has 1 heterocycles. The van der Waals surface area contributed by atoms with Gasteiger partial charge in [-0.3, -0.25) is 4.79 Å². The van der Waals surface area contributed by atoms with E-state index >= 15 is 0 Å². The van der Waals surface area contributed by atoms with Crippen molar-refractivity contribution >= 4 is 5.91 Å². The van der Waals surface area contributed by atoms with Gasteiger partial charge in [-0.05, 0) is 44.6 Å². The van der Waals surface area contributed by atoms with Crippen LogP contribution >= 0.6 is 0 Å². The highest BCUT2D eigenvalue weighted by molar-refractivity contribution is 5.83. The van der Waals surface area contributed by atoms with Crippen LogP contribution < -0.4 is 5.32 Å². The number of hydrogen-bond donors (Lipinski definition) is 1. The van der Waals surface area contributed by atoms with Crippen LogP contribution in [-0.4, -0.2) is 36.5 Å². The number of nitrogens with zero attached hydrogens (tertiary/aromatic N) is 1. The average molecular weight is 280 g/mol. The molecule has 1 atom stereocenters. The molecule has 1 saturated heterocycles. The van der Waals surface area contributed by atoms with E-state index in [1.54, 1.807) is 0 Å². The van der Waals surface area contributed by atoms with Gasteiger partial charge in [-0.2, -0.15) is 0 Å². The van der Waals surface area contributed by atoms with Crippen molar-refractivity contribution in [2.45, 2.75) is 71.8 Å². The topological polar surface area (TPSA) is 32.3 Å². The third-order valence-corrected chi connectivity index (χ3v) is 5.01. The second-order valence-corrected chi connectivity index (χ2v) is 7.23. The zero-order valence-corrected chi connectivity index (χ0v) is 13.6. The first-order valence-electron chi connectivity index (χ1n) is 8.61. The molecule has 0 spiro atoms. The predicted molar refractivity (Wildman–Crippen MR) is 83.6 cm³/mol. The van der Waals surface area contributed by atoms with Gasteiger partial charge in [0.2, 0.25) is 5.91 Å². The lowest BCUT2D eigenvalue weighted by atomic mass is 9.77. The normalized spacial score (nSPS) is 25.3. The number of carbonyl (C=O) groups excluding carboxylic acids is 1. The summed E-state index contributed by atoms with van der Waals surface area (Å²) in [6.45, 7) is 9.69. The maximum atomic E-state index is 13.3. The van der Waals surface area contributed by atoms with Gasteiger partial charge in [0, 0.05) is 24.5 Å². The van der Waals surface area contributed by atoms with Gasteiger partial charge in [0.05, 0.1) is 0 Å². The molecule has 0 radical (unpaired) electrons. The summed E-state index contributed by atoms with van der Waals surface area (Å²) >= 11 is 0. The zero-order chi connectivity index (χ0) is 14.6. The van der Waals surface area contributed by atoms with E-state index in [0.717, 1.165) is 51.7 Å². The van der Waals surface area contributed by atoms with E-state index in [2.05, 4.69) is 31.0 Å². The van der Waals surface area contributed by atoms with Crippen LogP contribution in [0, 0.1) is 11.3 Å². The van der Waals surface area contributed by atoms with Gasteiger partial charge < -0.3 is 10.2 Å². The third kappa shape index (κ3) is 3.36. The Hall–Kier alpha value is -0.570. The fraction of sp³-hybridized carbons (Fsp3) is 0.941. The molecule has 1 amide bonds. The lowest BCUT2D eigenvalue weighted by molar-refractivity contribution is -0.145. The van der Waals surface area contributed by atoms with E-state index in [1.165, 1.54) is 12.8 Å². The van der Waals surface area contributed by atoms with E-state index in [4.69, 9.17) is 0 Å². The summed E-state index contributed by atoms with van der Waals surface area (Å²) in [6.07, 6.45) is 7.98. The summed E-state index contributed by atoms with van der Waals surface area (Å²) in [5, 5.41) is 3.42. The SMILES string of the molecule is CCCN(C(=O)C1(CC(C)C)CCCC1)C1CCNC1. The molecule has 0 aromatic carbocycles. The largest absolute Gasteiger partial charge is 0.338 e. The Morgan fingerprint density at radius 3 is 2.55 bits per heavy atom. The molecule has 1 saturated carbocycles. The Kier molecular flexibility index (Phi) is 5.48. The number of nitrogens with one attached hydrogen (secondary N) is 1. The Labute approximate surface area is 124 Å². The molecule has 2 aliphatic rings. The summed E-state index contributed by atoms with van der Waals surface area (Å²) in [5.74, 6) is 1.08. The molecule has 116 valence electrons. The molecule has 1 N–H and O–H groups in total. The van der Waals surface area contributed by atoms with E-state index in [1.807, 2.05) is 0 Å². The number of hydrogen-bond acceptors (Lipinski definition) is 2. The van der Waals surface area contributed by atoms with Crippen LogP contribution in [0.25, 0.3) is 0 Å². The Morgan fingerprint density at radius 1 is 1.35 bits per heavy atom. The second-order valence-electron chi connectivity index (χ2n) is 7.23.